The molecule has 1 fully saturated rings. The summed E-state index contributed by atoms with van der Waals surface area (Å²) >= 11 is 5.96. The number of anilines is 1. The summed E-state index contributed by atoms with van der Waals surface area (Å²) in [5.41, 5.74) is 0.897. The molecule has 1 unspecified atom stereocenters. The molecule has 0 aromatic heterocycles. The summed E-state index contributed by atoms with van der Waals surface area (Å²) in [7, 11) is 1.93. The van der Waals surface area contributed by atoms with Crippen molar-refractivity contribution in [2.75, 3.05) is 11.9 Å². The zero-order valence-corrected chi connectivity index (χ0v) is 10.7. The van der Waals surface area contributed by atoms with Crippen molar-refractivity contribution < 1.29 is 9.90 Å². The van der Waals surface area contributed by atoms with Crippen molar-refractivity contribution >= 4 is 23.3 Å². The number of hydrogen-bond donors (Lipinski definition) is 1. The number of rotatable bonds is 4. The van der Waals surface area contributed by atoms with E-state index in [9.17, 15) is 9.90 Å². The molecular weight excluding hydrogens is 238 g/mol. The van der Waals surface area contributed by atoms with Crippen molar-refractivity contribution in [3.63, 3.8) is 0 Å². The SMILES string of the molecule is CC(C1CC1)N(C)c1cccc(Cl)c1C(=O)O. The van der Waals surface area contributed by atoms with Gasteiger partial charge < -0.3 is 10.0 Å². The number of nitrogens with zero attached hydrogens (tertiary/aromatic N) is 1. The normalized spacial score (nSPS) is 16.6. The van der Waals surface area contributed by atoms with Gasteiger partial charge in [0.25, 0.3) is 0 Å². The standard InChI is InChI=1S/C13H16ClNO2/c1-8(9-6-7-9)15(2)11-5-3-4-10(14)12(11)13(16)17/h3-5,8-9H,6-7H2,1-2H3,(H,16,17). The highest BCUT2D eigenvalue weighted by Crippen LogP contribution is 2.37. The molecule has 0 aliphatic heterocycles. The maximum Gasteiger partial charge on any atom is 0.339 e. The van der Waals surface area contributed by atoms with Gasteiger partial charge in [-0.25, -0.2) is 4.79 Å². The summed E-state index contributed by atoms with van der Waals surface area (Å²) in [6, 6.07) is 5.57. The number of carbonyl (C=O) groups is 1. The summed E-state index contributed by atoms with van der Waals surface area (Å²) in [5.74, 6) is -0.291. The Bertz CT molecular complexity index is 443. The third-order valence-electron chi connectivity index (χ3n) is 3.50. The van der Waals surface area contributed by atoms with E-state index in [4.69, 9.17) is 11.6 Å². The van der Waals surface area contributed by atoms with E-state index in [1.807, 2.05) is 18.0 Å². The molecule has 1 aliphatic carbocycles. The molecule has 1 N–H and O–H groups in total. The second-order valence-electron chi connectivity index (χ2n) is 4.63. The van der Waals surface area contributed by atoms with Gasteiger partial charge in [-0.3, -0.25) is 0 Å². The molecule has 2 rings (SSSR count). The number of carboxylic acid groups (broad SMARTS) is 1. The first-order valence-corrected chi connectivity index (χ1v) is 6.14. The molecule has 0 radical (unpaired) electrons. The van der Waals surface area contributed by atoms with E-state index in [0.29, 0.717) is 22.7 Å². The largest absolute Gasteiger partial charge is 0.478 e. The molecule has 4 heteroatoms. The van der Waals surface area contributed by atoms with E-state index in [0.717, 1.165) is 0 Å². The van der Waals surface area contributed by atoms with Crippen molar-refractivity contribution in [2.24, 2.45) is 5.92 Å². The van der Waals surface area contributed by atoms with Gasteiger partial charge in [-0.1, -0.05) is 17.7 Å². The van der Waals surface area contributed by atoms with Crippen LogP contribution in [0.1, 0.15) is 30.1 Å². The van der Waals surface area contributed by atoms with Crippen molar-refractivity contribution in [1.82, 2.24) is 0 Å². The van der Waals surface area contributed by atoms with E-state index in [1.54, 1.807) is 12.1 Å². The smallest absolute Gasteiger partial charge is 0.339 e. The maximum absolute atomic E-state index is 11.2. The number of benzene rings is 1. The van der Waals surface area contributed by atoms with Gasteiger partial charge in [0.2, 0.25) is 0 Å². The van der Waals surface area contributed by atoms with Crippen LogP contribution in [0.3, 0.4) is 0 Å². The predicted molar refractivity (Wildman–Crippen MR) is 69.0 cm³/mol. The van der Waals surface area contributed by atoms with Crippen LogP contribution in [0.5, 0.6) is 0 Å². The lowest BCUT2D eigenvalue weighted by molar-refractivity contribution is 0.0697. The fourth-order valence-corrected chi connectivity index (χ4v) is 2.38. The van der Waals surface area contributed by atoms with E-state index < -0.39 is 5.97 Å². The third-order valence-corrected chi connectivity index (χ3v) is 3.82. The minimum atomic E-state index is -0.972. The number of aromatic carboxylic acids is 1. The van der Waals surface area contributed by atoms with Gasteiger partial charge in [-0.05, 0) is 37.8 Å². The molecule has 1 atom stereocenters. The van der Waals surface area contributed by atoms with E-state index in [2.05, 4.69) is 6.92 Å². The number of carboxylic acids is 1. The Morgan fingerprint density at radius 3 is 2.71 bits per heavy atom. The fourth-order valence-electron chi connectivity index (χ4n) is 2.13. The molecule has 92 valence electrons. The van der Waals surface area contributed by atoms with E-state index in [-0.39, 0.29) is 5.56 Å². The molecule has 0 heterocycles. The van der Waals surface area contributed by atoms with Crippen LogP contribution in [0.15, 0.2) is 18.2 Å². The number of hydrogen-bond acceptors (Lipinski definition) is 2. The van der Waals surface area contributed by atoms with Crippen molar-refractivity contribution in [2.45, 2.75) is 25.8 Å². The summed E-state index contributed by atoms with van der Waals surface area (Å²) in [4.78, 5) is 13.3. The zero-order chi connectivity index (χ0) is 12.6. The van der Waals surface area contributed by atoms with Crippen LogP contribution in [0.25, 0.3) is 0 Å². The maximum atomic E-state index is 11.2. The Balaban J connectivity index is 2.36. The zero-order valence-electron chi connectivity index (χ0n) is 9.98. The molecular formula is C13H16ClNO2. The Morgan fingerprint density at radius 1 is 1.53 bits per heavy atom. The highest BCUT2D eigenvalue weighted by Gasteiger charge is 2.32. The summed E-state index contributed by atoms with van der Waals surface area (Å²) in [5, 5.41) is 9.52. The Hall–Kier alpha value is -1.22. The summed E-state index contributed by atoms with van der Waals surface area (Å²) in [6.45, 7) is 2.13. The van der Waals surface area contributed by atoms with Crippen molar-refractivity contribution in [3.05, 3.63) is 28.8 Å². The van der Waals surface area contributed by atoms with Gasteiger partial charge >= 0.3 is 5.97 Å². The fraction of sp³-hybridized carbons (Fsp3) is 0.462. The first-order valence-electron chi connectivity index (χ1n) is 5.77. The monoisotopic (exact) mass is 253 g/mol. The van der Waals surface area contributed by atoms with Gasteiger partial charge in [-0.15, -0.1) is 0 Å². The van der Waals surface area contributed by atoms with Crippen molar-refractivity contribution in [3.8, 4) is 0 Å². The topological polar surface area (TPSA) is 40.5 Å². The Morgan fingerprint density at radius 2 is 2.18 bits per heavy atom. The van der Waals surface area contributed by atoms with E-state index in [1.165, 1.54) is 12.8 Å². The van der Waals surface area contributed by atoms with Crippen LogP contribution in [0, 0.1) is 5.92 Å². The van der Waals surface area contributed by atoms with Gasteiger partial charge in [0, 0.05) is 13.1 Å². The third kappa shape index (κ3) is 2.39. The highest BCUT2D eigenvalue weighted by molar-refractivity contribution is 6.34. The van der Waals surface area contributed by atoms with E-state index >= 15 is 0 Å². The molecule has 17 heavy (non-hydrogen) atoms. The molecule has 1 aromatic rings. The van der Waals surface area contributed by atoms with Gasteiger partial charge in [0.1, 0.15) is 5.56 Å². The molecule has 0 bridgehead atoms. The predicted octanol–water partition coefficient (Wildman–Crippen LogP) is 3.27. The van der Waals surface area contributed by atoms with Crippen LogP contribution >= 0.6 is 11.6 Å². The van der Waals surface area contributed by atoms with Crippen LogP contribution in [-0.2, 0) is 0 Å². The average molecular weight is 254 g/mol. The summed E-state index contributed by atoms with van der Waals surface area (Å²) < 4.78 is 0. The first kappa shape index (κ1) is 12.2. The van der Waals surface area contributed by atoms with Crippen molar-refractivity contribution in [1.29, 1.82) is 0 Å². The Labute approximate surface area is 106 Å². The van der Waals surface area contributed by atoms with Gasteiger partial charge in [0.05, 0.1) is 10.7 Å². The molecule has 1 aromatic carbocycles. The van der Waals surface area contributed by atoms with Crippen LogP contribution < -0.4 is 4.90 Å². The lowest BCUT2D eigenvalue weighted by Crippen LogP contribution is -2.31. The van der Waals surface area contributed by atoms with Crippen LogP contribution in [0.4, 0.5) is 5.69 Å². The molecule has 0 spiro atoms. The highest BCUT2D eigenvalue weighted by atomic mass is 35.5. The quantitative estimate of drug-likeness (QED) is 0.895. The second kappa shape index (κ2) is 4.57. The Kier molecular flexibility index (Phi) is 3.29. The first-order chi connectivity index (χ1) is 8.02. The lowest BCUT2D eigenvalue weighted by Gasteiger charge is -2.28. The van der Waals surface area contributed by atoms with Crippen LogP contribution in [0.2, 0.25) is 5.02 Å². The van der Waals surface area contributed by atoms with Gasteiger partial charge in [-0.2, -0.15) is 0 Å². The molecule has 0 amide bonds. The summed E-state index contributed by atoms with van der Waals surface area (Å²) in [6.07, 6.45) is 2.46. The average Bonchev–Trinajstić information content (AvgIpc) is 3.10. The molecule has 1 saturated carbocycles. The second-order valence-corrected chi connectivity index (χ2v) is 5.04. The minimum absolute atomic E-state index is 0.198. The lowest BCUT2D eigenvalue weighted by atomic mass is 10.1. The number of halogens is 1. The molecule has 1 aliphatic rings. The van der Waals surface area contributed by atoms with Gasteiger partial charge in [0.15, 0.2) is 0 Å². The van der Waals surface area contributed by atoms with Crippen LogP contribution in [-0.4, -0.2) is 24.2 Å². The molecule has 3 nitrogen and oxygen atoms in total. The molecule has 0 saturated heterocycles. The minimum Gasteiger partial charge on any atom is -0.478 e.